The number of aliphatic carboxylic acids is 1. The molecule has 0 bridgehead atoms. The minimum absolute atomic E-state index is 0.227. The topological polar surface area (TPSA) is 83.6 Å². The summed E-state index contributed by atoms with van der Waals surface area (Å²) in [6.07, 6.45) is 2.22. The molecule has 3 N–H and O–H groups in total. The number of nitrogens with zero attached hydrogens (tertiary/aromatic N) is 1. The lowest BCUT2D eigenvalue weighted by atomic mass is 10.00. The molecule has 0 saturated carbocycles. The molecule has 1 aromatic rings. The van der Waals surface area contributed by atoms with Crippen LogP contribution in [0.1, 0.15) is 35.2 Å². The van der Waals surface area contributed by atoms with Crippen molar-refractivity contribution in [3.63, 3.8) is 0 Å². The summed E-state index contributed by atoms with van der Waals surface area (Å²) in [6.45, 7) is 2.33. The Morgan fingerprint density at radius 2 is 2.11 bits per heavy atom. The monoisotopic (exact) mass is 262 g/mol. The molecule has 1 heterocycles. The van der Waals surface area contributed by atoms with Crippen molar-refractivity contribution in [2.45, 2.75) is 32.2 Å². The van der Waals surface area contributed by atoms with Gasteiger partial charge in [-0.1, -0.05) is 0 Å². The van der Waals surface area contributed by atoms with Crippen LogP contribution in [-0.2, 0) is 4.79 Å². The number of carbonyl (C=O) groups is 2. The molecule has 1 amide bonds. The second-order valence-electron chi connectivity index (χ2n) is 4.92. The van der Waals surface area contributed by atoms with Crippen LogP contribution < -0.4 is 5.73 Å². The molecule has 5 nitrogen and oxygen atoms in total. The first kappa shape index (κ1) is 13.4. The number of carbonyl (C=O) groups excluding carboxylic acids is 1. The molecule has 1 aliphatic rings. The van der Waals surface area contributed by atoms with Gasteiger partial charge in [-0.3, -0.25) is 4.79 Å². The highest BCUT2D eigenvalue weighted by Crippen LogP contribution is 2.21. The van der Waals surface area contributed by atoms with E-state index < -0.39 is 12.0 Å². The Kier molecular flexibility index (Phi) is 3.74. The van der Waals surface area contributed by atoms with Crippen molar-refractivity contribution in [2.75, 3.05) is 12.3 Å². The van der Waals surface area contributed by atoms with Gasteiger partial charge in [0, 0.05) is 17.8 Å². The summed E-state index contributed by atoms with van der Waals surface area (Å²) in [5, 5.41) is 9.19. The third-order valence-corrected chi connectivity index (χ3v) is 3.57. The maximum absolute atomic E-state index is 12.4. The van der Waals surface area contributed by atoms with Crippen LogP contribution in [0.3, 0.4) is 0 Å². The number of benzene rings is 1. The van der Waals surface area contributed by atoms with Crippen LogP contribution in [0.2, 0.25) is 0 Å². The predicted molar refractivity (Wildman–Crippen MR) is 71.9 cm³/mol. The van der Waals surface area contributed by atoms with E-state index in [0.29, 0.717) is 24.2 Å². The van der Waals surface area contributed by atoms with E-state index in [2.05, 4.69) is 0 Å². The fourth-order valence-corrected chi connectivity index (χ4v) is 2.41. The number of nitrogens with two attached hydrogens (primary N) is 1. The number of piperidine rings is 1. The van der Waals surface area contributed by atoms with Crippen molar-refractivity contribution in [2.24, 2.45) is 0 Å². The smallest absolute Gasteiger partial charge is 0.326 e. The van der Waals surface area contributed by atoms with Crippen LogP contribution in [0.25, 0.3) is 0 Å². The van der Waals surface area contributed by atoms with Gasteiger partial charge >= 0.3 is 5.97 Å². The SMILES string of the molecule is Cc1cc(C(=O)N2CCCCC2C(=O)O)ccc1N. The quantitative estimate of drug-likeness (QED) is 0.794. The zero-order valence-electron chi connectivity index (χ0n) is 10.9. The van der Waals surface area contributed by atoms with Crippen molar-refractivity contribution in [3.8, 4) is 0 Å². The molecule has 0 spiro atoms. The molecule has 1 aliphatic heterocycles. The van der Waals surface area contributed by atoms with Gasteiger partial charge < -0.3 is 15.7 Å². The van der Waals surface area contributed by atoms with Crippen molar-refractivity contribution < 1.29 is 14.7 Å². The normalized spacial score (nSPS) is 19.2. The van der Waals surface area contributed by atoms with Gasteiger partial charge in [0.1, 0.15) is 6.04 Å². The first-order valence-electron chi connectivity index (χ1n) is 6.40. The van der Waals surface area contributed by atoms with Gasteiger partial charge in [-0.05, 0) is 49.9 Å². The molecular formula is C14H18N2O3. The minimum Gasteiger partial charge on any atom is -0.480 e. The highest BCUT2D eigenvalue weighted by molar-refractivity contribution is 5.97. The summed E-state index contributed by atoms with van der Waals surface area (Å²) >= 11 is 0. The number of carboxylic acid groups (broad SMARTS) is 1. The van der Waals surface area contributed by atoms with Crippen LogP contribution in [0.4, 0.5) is 5.69 Å². The summed E-state index contributed by atoms with van der Waals surface area (Å²) in [4.78, 5) is 25.1. The Morgan fingerprint density at radius 3 is 2.74 bits per heavy atom. The van der Waals surface area contributed by atoms with E-state index in [1.807, 2.05) is 6.92 Å². The fourth-order valence-electron chi connectivity index (χ4n) is 2.41. The Hall–Kier alpha value is -2.04. The first-order valence-corrected chi connectivity index (χ1v) is 6.40. The van der Waals surface area contributed by atoms with E-state index in [0.717, 1.165) is 18.4 Å². The van der Waals surface area contributed by atoms with Crippen LogP contribution in [0.15, 0.2) is 18.2 Å². The minimum atomic E-state index is -0.930. The zero-order valence-corrected chi connectivity index (χ0v) is 10.9. The van der Waals surface area contributed by atoms with E-state index in [4.69, 9.17) is 5.73 Å². The third kappa shape index (κ3) is 2.70. The Bertz CT molecular complexity index is 513. The molecule has 1 saturated heterocycles. The Morgan fingerprint density at radius 1 is 1.37 bits per heavy atom. The molecule has 5 heteroatoms. The van der Waals surface area contributed by atoms with Crippen molar-refractivity contribution in [1.82, 2.24) is 4.90 Å². The number of rotatable bonds is 2. The summed E-state index contributed by atoms with van der Waals surface area (Å²) in [5.74, 6) is -1.16. The van der Waals surface area contributed by atoms with E-state index in [1.54, 1.807) is 18.2 Å². The summed E-state index contributed by atoms with van der Waals surface area (Å²) in [7, 11) is 0. The van der Waals surface area contributed by atoms with Gasteiger partial charge in [0.05, 0.1) is 0 Å². The predicted octanol–water partition coefficient (Wildman–Crippen LogP) is 1.66. The summed E-state index contributed by atoms with van der Waals surface area (Å²) < 4.78 is 0. The third-order valence-electron chi connectivity index (χ3n) is 3.57. The average molecular weight is 262 g/mol. The molecule has 1 fully saturated rings. The van der Waals surface area contributed by atoms with E-state index in [1.165, 1.54) is 4.90 Å². The van der Waals surface area contributed by atoms with Gasteiger partial charge in [0.15, 0.2) is 0 Å². The summed E-state index contributed by atoms with van der Waals surface area (Å²) in [6, 6.07) is 4.34. The lowest BCUT2D eigenvalue weighted by molar-refractivity contribution is -0.143. The molecule has 102 valence electrons. The number of aryl methyl sites for hydroxylation is 1. The van der Waals surface area contributed by atoms with Crippen molar-refractivity contribution >= 4 is 17.6 Å². The van der Waals surface area contributed by atoms with Crippen molar-refractivity contribution in [1.29, 1.82) is 0 Å². The molecule has 0 radical (unpaired) electrons. The van der Waals surface area contributed by atoms with Gasteiger partial charge in [-0.2, -0.15) is 0 Å². The molecule has 0 aromatic heterocycles. The lowest BCUT2D eigenvalue weighted by Gasteiger charge is -2.33. The highest BCUT2D eigenvalue weighted by atomic mass is 16.4. The van der Waals surface area contributed by atoms with Gasteiger partial charge in [-0.15, -0.1) is 0 Å². The second-order valence-corrected chi connectivity index (χ2v) is 4.92. The van der Waals surface area contributed by atoms with E-state index >= 15 is 0 Å². The zero-order chi connectivity index (χ0) is 14.0. The first-order chi connectivity index (χ1) is 9.00. The molecule has 2 rings (SSSR count). The molecule has 1 aromatic carbocycles. The number of hydrogen-bond donors (Lipinski definition) is 2. The van der Waals surface area contributed by atoms with Gasteiger partial charge in [0.2, 0.25) is 0 Å². The fraction of sp³-hybridized carbons (Fsp3) is 0.429. The molecular weight excluding hydrogens is 244 g/mol. The largest absolute Gasteiger partial charge is 0.480 e. The molecule has 0 aliphatic carbocycles. The summed E-state index contributed by atoms with van der Waals surface area (Å²) in [5.41, 5.74) is 7.68. The van der Waals surface area contributed by atoms with E-state index in [-0.39, 0.29) is 5.91 Å². The molecule has 1 atom stereocenters. The number of carboxylic acids is 1. The van der Waals surface area contributed by atoms with E-state index in [9.17, 15) is 14.7 Å². The standard InChI is InChI=1S/C14H18N2O3/c1-9-8-10(5-6-11(9)15)13(17)16-7-3-2-4-12(16)14(18)19/h5-6,8,12H,2-4,7,15H2,1H3,(H,18,19). The Balaban J connectivity index is 2.26. The Labute approximate surface area is 112 Å². The van der Waals surface area contributed by atoms with Crippen LogP contribution in [0.5, 0.6) is 0 Å². The van der Waals surface area contributed by atoms with Gasteiger partial charge in [0.25, 0.3) is 5.91 Å². The van der Waals surface area contributed by atoms with Crippen LogP contribution >= 0.6 is 0 Å². The number of amides is 1. The van der Waals surface area contributed by atoms with Crippen molar-refractivity contribution in [3.05, 3.63) is 29.3 Å². The maximum atomic E-state index is 12.4. The molecule has 19 heavy (non-hydrogen) atoms. The number of likely N-dealkylation sites (tertiary alicyclic amines) is 1. The average Bonchev–Trinajstić information content (AvgIpc) is 2.41. The van der Waals surface area contributed by atoms with Crippen LogP contribution in [-0.4, -0.2) is 34.5 Å². The van der Waals surface area contributed by atoms with Gasteiger partial charge in [-0.25, -0.2) is 4.79 Å². The number of anilines is 1. The maximum Gasteiger partial charge on any atom is 0.326 e. The van der Waals surface area contributed by atoms with Crippen LogP contribution in [0, 0.1) is 6.92 Å². The second kappa shape index (κ2) is 5.30. The molecule has 1 unspecified atom stereocenters. The number of nitrogen functional groups attached to an aromatic ring is 1. The highest BCUT2D eigenvalue weighted by Gasteiger charge is 2.32. The lowest BCUT2D eigenvalue weighted by Crippen LogP contribution is -2.48. The number of hydrogen-bond acceptors (Lipinski definition) is 3.